The maximum atomic E-state index is 11.7. The molecule has 4 aromatic rings. The van der Waals surface area contributed by atoms with Gasteiger partial charge in [0.2, 0.25) is 0 Å². The molecule has 4 nitrogen and oxygen atoms in total. The predicted molar refractivity (Wildman–Crippen MR) is 122 cm³/mol. The number of carbonyl (C=O) groups is 1. The van der Waals surface area contributed by atoms with Crippen molar-refractivity contribution in [2.45, 2.75) is 6.92 Å². The van der Waals surface area contributed by atoms with E-state index in [4.69, 9.17) is 28.2 Å². The molecule has 0 bridgehead atoms. The van der Waals surface area contributed by atoms with Crippen molar-refractivity contribution >= 4 is 63.8 Å². The largest absolute Gasteiger partial charge is 0.340 e. The topological polar surface area (TPSA) is 54.9 Å². The molecular weight excluding hydrogens is 429 g/mol. The summed E-state index contributed by atoms with van der Waals surface area (Å²) in [6.07, 6.45) is 0. The molecule has 0 saturated heterocycles. The number of hydrogen-bond donors (Lipinski definition) is 1. The zero-order valence-electron chi connectivity index (χ0n) is 15.3. The highest BCUT2D eigenvalue weighted by molar-refractivity contribution is 6.36. The summed E-state index contributed by atoms with van der Waals surface area (Å²) in [4.78, 5) is 21.0. The van der Waals surface area contributed by atoms with Gasteiger partial charge < -0.3 is 5.32 Å². The molecule has 0 fully saturated rings. The minimum absolute atomic E-state index is 0. The molecular formula is C22H16Cl3N3O. The Balaban J connectivity index is 0.00000240. The van der Waals surface area contributed by atoms with E-state index in [1.807, 2.05) is 36.4 Å². The number of halogens is 3. The standard InChI is InChI=1S/C22H15Cl2N3O.ClH/c1-13(28)14-5-4-6-16(11-14)25-22-18-7-2-3-8-20(18)26-21(27-22)17-10-9-15(23)12-19(17)24;/h2-12H,1H3,(H,25,26,27);1H. The molecule has 0 unspecified atom stereocenters. The first-order chi connectivity index (χ1) is 13.5. The van der Waals surface area contributed by atoms with Crippen molar-refractivity contribution < 1.29 is 4.79 Å². The number of rotatable bonds is 4. The second-order valence-electron chi connectivity index (χ2n) is 6.30. The molecule has 4 rings (SSSR count). The van der Waals surface area contributed by atoms with Crippen LogP contribution in [0.1, 0.15) is 17.3 Å². The molecule has 0 atom stereocenters. The number of benzene rings is 3. The fraction of sp³-hybridized carbons (Fsp3) is 0.0455. The van der Waals surface area contributed by atoms with Crippen LogP contribution in [0.3, 0.4) is 0 Å². The lowest BCUT2D eigenvalue weighted by atomic mass is 10.1. The number of para-hydroxylation sites is 1. The molecule has 7 heteroatoms. The van der Waals surface area contributed by atoms with Gasteiger partial charge in [-0.2, -0.15) is 0 Å². The van der Waals surface area contributed by atoms with E-state index in [-0.39, 0.29) is 18.2 Å². The Morgan fingerprint density at radius 2 is 1.72 bits per heavy atom. The van der Waals surface area contributed by atoms with Crippen LogP contribution in [-0.4, -0.2) is 15.8 Å². The summed E-state index contributed by atoms with van der Waals surface area (Å²) in [6.45, 7) is 1.54. The molecule has 0 aliphatic rings. The first kappa shape index (κ1) is 21.1. The van der Waals surface area contributed by atoms with Crippen molar-refractivity contribution in [1.82, 2.24) is 9.97 Å². The molecule has 1 heterocycles. The van der Waals surface area contributed by atoms with Crippen LogP contribution >= 0.6 is 35.6 Å². The predicted octanol–water partition coefficient (Wildman–Crippen LogP) is 6.97. The summed E-state index contributed by atoms with van der Waals surface area (Å²) in [6, 6.07) is 20.2. The minimum atomic E-state index is 0. The molecule has 0 spiro atoms. The number of Topliss-reactive ketones (excluding diaryl/α,β-unsaturated/α-hetero) is 1. The Labute approximate surface area is 184 Å². The summed E-state index contributed by atoms with van der Waals surface area (Å²) in [5, 5.41) is 5.20. The lowest BCUT2D eigenvalue weighted by molar-refractivity contribution is 0.101. The minimum Gasteiger partial charge on any atom is -0.340 e. The van der Waals surface area contributed by atoms with Gasteiger partial charge in [-0.15, -0.1) is 12.4 Å². The van der Waals surface area contributed by atoms with E-state index in [2.05, 4.69) is 10.3 Å². The number of fused-ring (bicyclic) bond motifs is 1. The molecule has 1 N–H and O–H groups in total. The SMILES string of the molecule is CC(=O)c1cccc(Nc2nc(-c3ccc(Cl)cc3Cl)nc3ccccc23)c1.Cl. The van der Waals surface area contributed by atoms with Crippen LogP contribution < -0.4 is 5.32 Å². The number of hydrogen-bond acceptors (Lipinski definition) is 4. The van der Waals surface area contributed by atoms with Gasteiger partial charge in [-0.1, -0.05) is 47.5 Å². The summed E-state index contributed by atoms with van der Waals surface area (Å²) in [7, 11) is 0. The molecule has 0 saturated carbocycles. The zero-order chi connectivity index (χ0) is 19.7. The summed E-state index contributed by atoms with van der Waals surface area (Å²) in [5.41, 5.74) is 2.87. The van der Waals surface area contributed by atoms with Crippen molar-refractivity contribution in [3.05, 3.63) is 82.3 Å². The Morgan fingerprint density at radius 3 is 2.48 bits per heavy atom. The fourth-order valence-electron chi connectivity index (χ4n) is 2.92. The van der Waals surface area contributed by atoms with E-state index < -0.39 is 0 Å². The smallest absolute Gasteiger partial charge is 0.163 e. The maximum absolute atomic E-state index is 11.7. The van der Waals surface area contributed by atoms with E-state index in [1.165, 1.54) is 0 Å². The van der Waals surface area contributed by atoms with E-state index in [9.17, 15) is 4.79 Å². The Kier molecular flexibility index (Phi) is 6.38. The third kappa shape index (κ3) is 4.51. The van der Waals surface area contributed by atoms with Gasteiger partial charge in [-0.3, -0.25) is 4.79 Å². The highest BCUT2D eigenvalue weighted by atomic mass is 35.5. The van der Waals surface area contributed by atoms with Gasteiger partial charge in [-0.05, 0) is 49.4 Å². The van der Waals surface area contributed by atoms with Gasteiger partial charge in [0.05, 0.1) is 10.5 Å². The first-order valence-corrected chi connectivity index (χ1v) is 9.37. The second kappa shape index (κ2) is 8.78. The third-order valence-electron chi connectivity index (χ3n) is 4.31. The Bertz CT molecular complexity index is 1210. The second-order valence-corrected chi connectivity index (χ2v) is 7.14. The van der Waals surface area contributed by atoms with Crippen molar-refractivity contribution in [3.8, 4) is 11.4 Å². The number of nitrogens with zero attached hydrogens (tertiary/aromatic N) is 2. The normalized spacial score (nSPS) is 10.4. The third-order valence-corrected chi connectivity index (χ3v) is 4.85. The molecule has 3 aromatic carbocycles. The molecule has 1 aromatic heterocycles. The lowest BCUT2D eigenvalue weighted by Crippen LogP contribution is -2.01. The maximum Gasteiger partial charge on any atom is 0.163 e. The molecule has 0 amide bonds. The summed E-state index contributed by atoms with van der Waals surface area (Å²) in [5.74, 6) is 1.13. The van der Waals surface area contributed by atoms with Gasteiger partial charge in [0, 0.05) is 27.2 Å². The fourth-order valence-corrected chi connectivity index (χ4v) is 3.41. The summed E-state index contributed by atoms with van der Waals surface area (Å²) >= 11 is 12.4. The van der Waals surface area contributed by atoms with E-state index in [0.717, 1.165) is 16.6 Å². The highest BCUT2D eigenvalue weighted by Gasteiger charge is 2.13. The van der Waals surface area contributed by atoms with Crippen LogP contribution in [-0.2, 0) is 0 Å². The van der Waals surface area contributed by atoms with Gasteiger partial charge in [0.15, 0.2) is 11.6 Å². The van der Waals surface area contributed by atoms with Crippen LogP contribution in [0.25, 0.3) is 22.3 Å². The van der Waals surface area contributed by atoms with Gasteiger partial charge in [0.1, 0.15) is 5.82 Å². The van der Waals surface area contributed by atoms with E-state index >= 15 is 0 Å². The Hall–Kier alpha value is -2.66. The van der Waals surface area contributed by atoms with Crippen LogP contribution in [0.5, 0.6) is 0 Å². The van der Waals surface area contributed by atoms with Gasteiger partial charge >= 0.3 is 0 Å². The van der Waals surface area contributed by atoms with Gasteiger partial charge in [0.25, 0.3) is 0 Å². The molecule has 0 aliphatic heterocycles. The van der Waals surface area contributed by atoms with Crippen LogP contribution in [0, 0.1) is 0 Å². The molecule has 29 heavy (non-hydrogen) atoms. The highest BCUT2D eigenvalue weighted by Crippen LogP contribution is 2.32. The monoisotopic (exact) mass is 443 g/mol. The zero-order valence-corrected chi connectivity index (χ0v) is 17.6. The summed E-state index contributed by atoms with van der Waals surface area (Å²) < 4.78 is 0. The average Bonchev–Trinajstić information content (AvgIpc) is 2.68. The number of aromatic nitrogens is 2. The quantitative estimate of drug-likeness (QED) is 0.345. The van der Waals surface area contributed by atoms with E-state index in [1.54, 1.807) is 37.3 Å². The molecule has 146 valence electrons. The van der Waals surface area contributed by atoms with Crippen molar-refractivity contribution in [1.29, 1.82) is 0 Å². The van der Waals surface area contributed by atoms with E-state index in [0.29, 0.717) is 32.8 Å². The number of anilines is 2. The molecule has 0 radical (unpaired) electrons. The van der Waals surface area contributed by atoms with Crippen LogP contribution in [0.2, 0.25) is 10.0 Å². The van der Waals surface area contributed by atoms with Crippen LogP contribution in [0.15, 0.2) is 66.7 Å². The first-order valence-electron chi connectivity index (χ1n) is 8.61. The Morgan fingerprint density at radius 1 is 0.931 bits per heavy atom. The number of carbonyl (C=O) groups excluding carboxylic acids is 1. The van der Waals surface area contributed by atoms with Crippen molar-refractivity contribution in [3.63, 3.8) is 0 Å². The van der Waals surface area contributed by atoms with Crippen molar-refractivity contribution in [2.75, 3.05) is 5.32 Å². The lowest BCUT2D eigenvalue weighted by Gasteiger charge is -2.12. The van der Waals surface area contributed by atoms with Crippen LogP contribution in [0.4, 0.5) is 11.5 Å². The van der Waals surface area contributed by atoms with Crippen molar-refractivity contribution in [2.24, 2.45) is 0 Å². The number of ketones is 1. The molecule has 0 aliphatic carbocycles. The number of nitrogens with one attached hydrogen (secondary N) is 1. The van der Waals surface area contributed by atoms with Gasteiger partial charge in [-0.25, -0.2) is 9.97 Å². The average molecular weight is 445 g/mol.